The molecule has 0 unspecified atom stereocenters. The fraction of sp³-hybridized carbons (Fsp3) is 0. The van der Waals surface area contributed by atoms with Gasteiger partial charge in [-0.25, -0.2) is 10.5 Å². The van der Waals surface area contributed by atoms with Gasteiger partial charge in [-0.3, -0.25) is 0 Å². The molecular weight excluding hydrogens is 466 g/mol. The van der Waals surface area contributed by atoms with E-state index < -0.39 is 0 Å². The third-order valence-corrected chi connectivity index (χ3v) is 0. The van der Waals surface area contributed by atoms with E-state index in [-0.39, 0.29) is 125 Å². The van der Waals surface area contributed by atoms with E-state index in [1.807, 2.05) is 0 Å². The Kier molecular flexibility index (Phi) is 525. The predicted octanol–water partition coefficient (Wildman–Crippen LogP) is -1.25. The predicted molar refractivity (Wildman–Crippen MR) is 16.3 cm³/mol. The first-order chi connectivity index (χ1) is 1.41. The molecule has 0 rings (SSSR count). The zero-order valence-corrected chi connectivity index (χ0v) is 13.0. The van der Waals surface area contributed by atoms with Gasteiger partial charge in [0, 0.05) is 108 Å². The summed E-state index contributed by atoms with van der Waals surface area (Å²) in [5.41, 5.74) is 0. The molecule has 0 atom stereocenters. The molecule has 2 N–H and O–H groups in total. The summed E-state index contributed by atoms with van der Waals surface area (Å²) in [5, 5.41) is 15.5. The Balaban J connectivity index is -0.000000000952. The van der Waals surface area contributed by atoms with E-state index in [1.165, 1.54) is 0 Å². The maximum Gasteiger partial charge on any atom is 0.187 e. The van der Waals surface area contributed by atoms with E-state index in [4.69, 9.17) is 10.5 Å². The van der Waals surface area contributed by atoms with Crippen LogP contribution < -0.4 is 0 Å². The number of hydrogen-bond acceptors (Lipinski definition) is 3. The van der Waals surface area contributed by atoms with Crippen molar-refractivity contribution in [1.82, 2.24) is 0 Å². The summed E-state index contributed by atoms with van der Waals surface area (Å²) in [4.78, 5) is 0. The second-order valence-corrected chi connectivity index (χ2v) is 0.0816. The van der Waals surface area contributed by atoms with Crippen molar-refractivity contribution >= 4 is 17.4 Å². The SMILES string of the molecule is OOO.[AlH3].[Co].[Fe].[Ni].[Ru].[V].[Zn]. The average Bonchev–Trinajstić information content (AvgIpc) is 0.918. The smallest absolute Gasteiger partial charge is 0.187 e. The van der Waals surface area contributed by atoms with Crippen LogP contribution in [0.15, 0.2) is 0 Å². The molecule has 0 amide bonds. The van der Waals surface area contributed by atoms with Crippen LogP contribution in [0.2, 0.25) is 0 Å². The molecule has 0 aliphatic heterocycles. The molecule has 0 saturated carbocycles. The Morgan fingerprint density at radius 3 is 1.10 bits per heavy atom. The minimum atomic E-state index is 0. The molecule has 10 heteroatoms. The van der Waals surface area contributed by atoms with Crippen LogP contribution in [0.25, 0.3) is 0 Å². The van der Waals surface area contributed by atoms with Crippen molar-refractivity contribution in [2.24, 2.45) is 0 Å². The van der Waals surface area contributed by atoms with E-state index in [0.29, 0.717) is 0 Å². The van der Waals surface area contributed by atoms with E-state index >= 15 is 0 Å². The summed E-state index contributed by atoms with van der Waals surface area (Å²) in [6.45, 7) is 0. The van der Waals surface area contributed by atoms with E-state index in [0.717, 1.165) is 0 Å². The van der Waals surface area contributed by atoms with Crippen LogP contribution in [0, 0.1) is 0 Å². The molecule has 0 spiro atoms. The molecule has 68 valence electrons. The van der Waals surface area contributed by atoms with Gasteiger partial charge in [0.05, 0.1) is 0 Å². The zero-order valence-electron chi connectivity index (χ0n) is 3.81. The molecule has 0 aromatic rings. The van der Waals surface area contributed by atoms with Crippen molar-refractivity contribution in [2.75, 3.05) is 0 Å². The van der Waals surface area contributed by atoms with E-state index in [9.17, 15) is 0 Å². The Bertz CT molecular complexity index is 28.5. The minimum Gasteiger partial charge on any atom is -0.221 e. The fourth-order valence-corrected chi connectivity index (χ4v) is 0. The van der Waals surface area contributed by atoms with Crippen LogP contribution >= 0.6 is 0 Å². The van der Waals surface area contributed by atoms with Crippen molar-refractivity contribution in [3.8, 4) is 0 Å². The molecule has 0 aliphatic carbocycles. The molecular formula is H5AlCoFeNiO3RuVZn. The molecule has 0 aromatic heterocycles. The van der Waals surface area contributed by atoms with Crippen LogP contribution in [0.1, 0.15) is 0 Å². The van der Waals surface area contributed by atoms with Gasteiger partial charge in [-0.05, 0) is 0 Å². The maximum atomic E-state index is 6.62. The monoisotopic (exact) mass is 470 g/mol. The second kappa shape index (κ2) is 77.8. The van der Waals surface area contributed by atoms with Gasteiger partial charge in [-0.1, -0.05) is 5.04 Å². The van der Waals surface area contributed by atoms with E-state index in [2.05, 4.69) is 5.04 Å². The first kappa shape index (κ1) is 67.5. The van der Waals surface area contributed by atoms with Gasteiger partial charge in [-0.2, -0.15) is 0 Å². The van der Waals surface area contributed by atoms with Crippen LogP contribution in [0.5, 0.6) is 0 Å². The number of hydrogen-bond donors (Lipinski definition) is 2. The Hall–Kier alpha value is 3.76. The third-order valence-electron chi connectivity index (χ3n) is 0. The van der Waals surface area contributed by atoms with Gasteiger partial charge >= 0.3 is 0 Å². The molecule has 0 aliphatic rings. The summed E-state index contributed by atoms with van der Waals surface area (Å²) < 4.78 is 0. The largest absolute Gasteiger partial charge is 0.221 e. The van der Waals surface area contributed by atoms with Crippen molar-refractivity contribution in [1.29, 1.82) is 0 Å². The van der Waals surface area contributed by atoms with Gasteiger partial charge in [0.1, 0.15) is 0 Å². The minimum absolute atomic E-state index is 0. The first-order valence-corrected chi connectivity index (χ1v) is 0.365. The second-order valence-electron chi connectivity index (χ2n) is 0.0816. The standard InChI is InChI=1S/Al.Co.Fe.Ni.H2O3.Ru.V.Zn.3H/c;;;;1-3-2;;;;;;/h;;;;1-2H;;;;;;. The average molecular weight is 471 g/mol. The normalized spacial score (nSPS) is 1.80. The summed E-state index contributed by atoms with van der Waals surface area (Å²) in [6.07, 6.45) is 0. The molecule has 0 aromatic carbocycles. The van der Waals surface area contributed by atoms with Crippen LogP contribution in [-0.4, -0.2) is 27.9 Å². The molecule has 0 saturated heterocycles. The Morgan fingerprint density at radius 1 is 1.10 bits per heavy atom. The quantitative estimate of drug-likeness (QED) is 0.264. The van der Waals surface area contributed by atoms with Gasteiger partial charge in [0.2, 0.25) is 0 Å². The molecule has 0 bridgehead atoms. The summed E-state index contributed by atoms with van der Waals surface area (Å²) in [5.74, 6) is 0. The van der Waals surface area contributed by atoms with E-state index in [1.54, 1.807) is 0 Å². The van der Waals surface area contributed by atoms with Crippen molar-refractivity contribution < 1.29 is 123 Å². The van der Waals surface area contributed by atoms with Crippen molar-refractivity contribution in [3.05, 3.63) is 0 Å². The van der Waals surface area contributed by atoms with Crippen molar-refractivity contribution in [2.45, 2.75) is 0 Å². The van der Waals surface area contributed by atoms with Gasteiger partial charge in [0.15, 0.2) is 17.4 Å². The summed E-state index contributed by atoms with van der Waals surface area (Å²) >= 11 is 0. The Morgan fingerprint density at radius 2 is 1.10 bits per heavy atom. The van der Waals surface area contributed by atoms with Crippen LogP contribution in [0.4, 0.5) is 0 Å². The van der Waals surface area contributed by atoms with Gasteiger partial charge in [-0.15, -0.1) is 0 Å². The van der Waals surface area contributed by atoms with Crippen LogP contribution in [0.3, 0.4) is 0 Å². The first-order valence-electron chi connectivity index (χ1n) is 0.365. The molecule has 0 fully saturated rings. The summed E-state index contributed by atoms with van der Waals surface area (Å²) in [7, 11) is 0. The number of rotatable bonds is 0. The van der Waals surface area contributed by atoms with Crippen molar-refractivity contribution in [3.63, 3.8) is 0 Å². The summed E-state index contributed by atoms with van der Waals surface area (Å²) in [6, 6.07) is 0. The maximum absolute atomic E-state index is 6.62. The fourth-order valence-electron chi connectivity index (χ4n) is 0. The molecule has 3 nitrogen and oxygen atoms in total. The van der Waals surface area contributed by atoms with Gasteiger partial charge < -0.3 is 0 Å². The molecule has 2 radical (unpaired) electrons. The Labute approximate surface area is 139 Å². The van der Waals surface area contributed by atoms with Gasteiger partial charge in [0.25, 0.3) is 0 Å². The molecule has 0 heterocycles. The van der Waals surface area contributed by atoms with Crippen LogP contribution in [-0.2, 0) is 113 Å². The topological polar surface area (TPSA) is 49.7 Å². The zero-order chi connectivity index (χ0) is 2.71. The third kappa shape index (κ3) is 96.2. The molecule has 10 heavy (non-hydrogen) atoms.